The van der Waals surface area contributed by atoms with E-state index in [4.69, 9.17) is 11.6 Å². The number of rotatable bonds is 3. The van der Waals surface area contributed by atoms with Crippen molar-refractivity contribution in [1.82, 2.24) is 9.97 Å². The summed E-state index contributed by atoms with van der Waals surface area (Å²) in [6, 6.07) is 0. The maximum absolute atomic E-state index is 6.19. The lowest BCUT2D eigenvalue weighted by Crippen LogP contribution is -2.19. The van der Waals surface area contributed by atoms with Gasteiger partial charge in [-0.2, -0.15) is 0 Å². The van der Waals surface area contributed by atoms with Gasteiger partial charge in [0, 0.05) is 17.5 Å². The second-order valence-electron chi connectivity index (χ2n) is 6.42. The molecule has 1 N–H and O–H groups in total. The van der Waals surface area contributed by atoms with Crippen molar-refractivity contribution >= 4 is 17.4 Å². The van der Waals surface area contributed by atoms with E-state index in [0.29, 0.717) is 5.15 Å². The highest BCUT2D eigenvalue weighted by Crippen LogP contribution is 2.37. The Labute approximate surface area is 114 Å². The number of anilines is 1. The van der Waals surface area contributed by atoms with E-state index in [-0.39, 0.29) is 5.41 Å². The van der Waals surface area contributed by atoms with Crippen LogP contribution in [0.5, 0.6) is 0 Å². The molecule has 3 nitrogen and oxygen atoms in total. The minimum Gasteiger partial charge on any atom is -0.369 e. The van der Waals surface area contributed by atoms with E-state index in [9.17, 15) is 0 Å². The number of hydrogen-bond acceptors (Lipinski definition) is 3. The van der Waals surface area contributed by atoms with Crippen LogP contribution < -0.4 is 5.32 Å². The lowest BCUT2D eigenvalue weighted by molar-refractivity contribution is 0.545. The molecule has 1 aliphatic carbocycles. The Morgan fingerprint density at radius 2 is 1.94 bits per heavy atom. The fraction of sp³-hybridized carbons (Fsp3) is 0.714. The molecule has 1 fully saturated rings. The Hall–Kier alpha value is -0.830. The molecular formula is C14H22ClN3. The third-order valence-electron chi connectivity index (χ3n) is 3.57. The molecule has 1 aromatic heterocycles. The second-order valence-corrected chi connectivity index (χ2v) is 6.77. The largest absolute Gasteiger partial charge is 0.369 e. The first-order valence-corrected chi connectivity index (χ1v) is 6.95. The average molecular weight is 268 g/mol. The summed E-state index contributed by atoms with van der Waals surface area (Å²) >= 11 is 6.19. The van der Waals surface area contributed by atoms with Crippen molar-refractivity contribution in [3.05, 3.63) is 16.5 Å². The van der Waals surface area contributed by atoms with Crippen LogP contribution in [-0.2, 0) is 5.41 Å². The van der Waals surface area contributed by atoms with Gasteiger partial charge in [0.05, 0.1) is 0 Å². The first-order valence-electron chi connectivity index (χ1n) is 6.57. The van der Waals surface area contributed by atoms with E-state index < -0.39 is 0 Å². The Kier molecular flexibility index (Phi) is 3.54. The standard InChI is InChI=1S/C14H22ClN3/c1-8-6-10(8)7-16-12-9(2)11(15)17-13(18-12)14(3,4)5/h8,10H,6-7H2,1-5H3,(H,16,17,18). The highest BCUT2D eigenvalue weighted by Gasteiger charge is 2.32. The van der Waals surface area contributed by atoms with E-state index in [0.717, 1.165) is 35.6 Å². The molecule has 0 aromatic carbocycles. The predicted molar refractivity (Wildman–Crippen MR) is 76.2 cm³/mol. The van der Waals surface area contributed by atoms with Crippen molar-refractivity contribution < 1.29 is 0 Å². The summed E-state index contributed by atoms with van der Waals surface area (Å²) in [4.78, 5) is 9.00. The van der Waals surface area contributed by atoms with Crippen LogP contribution in [0.1, 0.15) is 45.5 Å². The quantitative estimate of drug-likeness (QED) is 0.847. The van der Waals surface area contributed by atoms with Gasteiger partial charge in [-0.1, -0.05) is 39.3 Å². The second kappa shape index (κ2) is 4.69. The Balaban J connectivity index is 2.19. The molecule has 0 radical (unpaired) electrons. The van der Waals surface area contributed by atoms with Crippen molar-refractivity contribution in [2.75, 3.05) is 11.9 Å². The first-order chi connectivity index (χ1) is 8.29. The number of nitrogens with zero attached hydrogens (tertiary/aromatic N) is 2. The predicted octanol–water partition coefficient (Wildman–Crippen LogP) is 3.80. The average Bonchev–Trinajstić information content (AvgIpc) is 2.95. The molecule has 1 aliphatic rings. The molecular weight excluding hydrogens is 246 g/mol. The number of nitrogens with one attached hydrogen (secondary N) is 1. The maximum atomic E-state index is 6.19. The summed E-state index contributed by atoms with van der Waals surface area (Å²) in [6.07, 6.45) is 1.32. The van der Waals surface area contributed by atoms with Gasteiger partial charge in [-0.05, 0) is 25.2 Å². The summed E-state index contributed by atoms with van der Waals surface area (Å²) in [7, 11) is 0. The lowest BCUT2D eigenvalue weighted by Gasteiger charge is -2.19. The van der Waals surface area contributed by atoms with Crippen LogP contribution in [-0.4, -0.2) is 16.5 Å². The summed E-state index contributed by atoms with van der Waals surface area (Å²) in [5.41, 5.74) is 0.860. The first kappa shape index (κ1) is 13.6. The molecule has 1 aromatic rings. The number of hydrogen-bond donors (Lipinski definition) is 1. The van der Waals surface area contributed by atoms with Gasteiger partial charge >= 0.3 is 0 Å². The van der Waals surface area contributed by atoms with Crippen molar-refractivity contribution in [3.63, 3.8) is 0 Å². The highest BCUT2D eigenvalue weighted by molar-refractivity contribution is 6.30. The van der Waals surface area contributed by atoms with Crippen molar-refractivity contribution in [2.24, 2.45) is 11.8 Å². The summed E-state index contributed by atoms with van der Waals surface area (Å²) < 4.78 is 0. The topological polar surface area (TPSA) is 37.8 Å². The maximum Gasteiger partial charge on any atom is 0.137 e. The Morgan fingerprint density at radius 3 is 2.44 bits per heavy atom. The lowest BCUT2D eigenvalue weighted by atomic mass is 9.95. The monoisotopic (exact) mass is 267 g/mol. The molecule has 1 saturated carbocycles. The van der Waals surface area contributed by atoms with Gasteiger partial charge in [0.2, 0.25) is 0 Å². The molecule has 4 heteroatoms. The van der Waals surface area contributed by atoms with Gasteiger partial charge < -0.3 is 5.32 Å². The fourth-order valence-corrected chi connectivity index (χ4v) is 2.08. The van der Waals surface area contributed by atoms with Gasteiger partial charge in [-0.15, -0.1) is 0 Å². The van der Waals surface area contributed by atoms with Gasteiger partial charge in [0.1, 0.15) is 16.8 Å². The molecule has 1 heterocycles. The van der Waals surface area contributed by atoms with Gasteiger partial charge in [-0.25, -0.2) is 9.97 Å². The molecule has 0 bridgehead atoms. The zero-order chi connectivity index (χ0) is 13.5. The van der Waals surface area contributed by atoms with Crippen LogP contribution in [0.3, 0.4) is 0 Å². The molecule has 0 saturated heterocycles. The summed E-state index contributed by atoms with van der Waals surface area (Å²) in [6.45, 7) is 11.5. The Bertz CT molecular complexity index is 451. The van der Waals surface area contributed by atoms with Crippen molar-refractivity contribution in [2.45, 2.75) is 46.5 Å². The van der Waals surface area contributed by atoms with E-state index in [1.165, 1.54) is 6.42 Å². The van der Waals surface area contributed by atoms with E-state index in [1.54, 1.807) is 0 Å². The minimum absolute atomic E-state index is 0.0827. The van der Waals surface area contributed by atoms with Crippen LogP contribution >= 0.6 is 11.6 Å². The van der Waals surface area contributed by atoms with Gasteiger partial charge in [0.15, 0.2) is 0 Å². The Morgan fingerprint density at radius 1 is 1.33 bits per heavy atom. The SMILES string of the molecule is Cc1c(Cl)nc(C(C)(C)C)nc1NCC1CC1C. The number of aromatic nitrogens is 2. The zero-order valence-corrected chi connectivity index (χ0v) is 12.6. The normalized spacial score (nSPS) is 23.0. The van der Waals surface area contributed by atoms with E-state index in [2.05, 4.69) is 43.0 Å². The van der Waals surface area contributed by atoms with Crippen LogP contribution in [0, 0.1) is 18.8 Å². The molecule has 2 rings (SSSR count). The van der Waals surface area contributed by atoms with Crippen molar-refractivity contribution in [1.29, 1.82) is 0 Å². The van der Waals surface area contributed by atoms with Crippen molar-refractivity contribution in [3.8, 4) is 0 Å². The molecule has 0 aliphatic heterocycles. The van der Waals surface area contributed by atoms with Gasteiger partial charge in [-0.3, -0.25) is 0 Å². The zero-order valence-electron chi connectivity index (χ0n) is 11.8. The van der Waals surface area contributed by atoms with E-state index >= 15 is 0 Å². The molecule has 2 atom stereocenters. The van der Waals surface area contributed by atoms with Crippen LogP contribution in [0.15, 0.2) is 0 Å². The molecule has 0 spiro atoms. The summed E-state index contributed by atoms with van der Waals surface area (Å²) in [5.74, 6) is 3.32. The summed E-state index contributed by atoms with van der Waals surface area (Å²) in [5, 5.41) is 3.98. The van der Waals surface area contributed by atoms with E-state index in [1.807, 2.05) is 6.92 Å². The minimum atomic E-state index is -0.0827. The smallest absolute Gasteiger partial charge is 0.137 e. The van der Waals surface area contributed by atoms with Crippen LogP contribution in [0.2, 0.25) is 5.15 Å². The fourth-order valence-electron chi connectivity index (χ4n) is 1.91. The van der Waals surface area contributed by atoms with Crippen LogP contribution in [0.25, 0.3) is 0 Å². The third-order valence-corrected chi connectivity index (χ3v) is 3.93. The number of halogens is 1. The van der Waals surface area contributed by atoms with Crippen LogP contribution in [0.4, 0.5) is 5.82 Å². The molecule has 0 amide bonds. The third kappa shape index (κ3) is 2.94. The molecule has 2 unspecified atom stereocenters. The molecule has 100 valence electrons. The van der Waals surface area contributed by atoms with Gasteiger partial charge in [0.25, 0.3) is 0 Å². The molecule has 18 heavy (non-hydrogen) atoms. The highest BCUT2D eigenvalue weighted by atomic mass is 35.5.